The van der Waals surface area contributed by atoms with Crippen LogP contribution in [0.15, 0.2) is 24.3 Å². The summed E-state index contributed by atoms with van der Waals surface area (Å²) in [5.74, 6) is -0.0928. The number of ether oxygens (including phenoxy) is 1. The Morgan fingerprint density at radius 1 is 1.47 bits per heavy atom. The number of anilines is 1. The molecule has 17 heavy (non-hydrogen) atoms. The Balaban J connectivity index is 2.39. The molecule has 2 N–H and O–H groups in total. The summed E-state index contributed by atoms with van der Waals surface area (Å²) >= 11 is 0. The van der Waals surface area contributed by atoms with E-state index in [2.05, 4.69) is 0 Å². The zero-order valence-corrected chi connectivity index (χ0v) is 9.55. The quantitative estimate of drug-likeness (QED) is 0.817. The molecule has 90 valence electrons. The van der Waals surface area contributed by atoms with E-state index in [1.165, 1.54) is 0 Å². The molecule has 0 spiro atoms. The van der Waals surface area contributed by atoms with Gasteiger partial charge in [0.05, 0.1) is 12.2 Å². The second kappa shape index (κ2) is 4.45. The van der Waals surface area contributed by atoms with Crippen molar-refractivity contribution in [3.8, 4) is 5.75 Å². The highest BCUT2D eigenvalue weighted by Gasteiger charge is 2.31. The molecule has 1 aromatic carbocycles. The third-order valence-corrected chi connectivity index (χ3v) is 2.69. The van der Waals surface area contributed by atoms with Gasteiger partial charge in [0.1, 0.15) is 5.75 Å². The maximum atomic E-state index is 11.8. The average molecular weight is 234 g/mol. The lowest BCUT2D eigenvalue weighted by Gasteiger charge is -2.33. The number of primary amides is 1. The van der Waals surface area contributed by atoms with E-state index in [9.17, 15) is 9.59 Å². The Hall–Kier alpha value is -2.04. The zero-order valence-electron chi connectivity index (χ0n) is 9.55. The third kappa shape index (κ3) is 2.08. The molecule has 5 heteroatoms. The molecule has 1 aromatic rings. The summed E-state index contributed by atoms with van der Waals surface area (Å²) in [6.07, 6.45) is -0.403. The topological polar surface area (TPSA) is 72.6 Å². The molecule has 5 nitrogen and oxygen atoms in total. The van der Waals surface area contributed by atoms with Crippen LogP contribution >= 0.6 is 0 Å². The minimum absolute atomic E-state index is 0.0491. The van der Waals surface area contributed by atoms with Gasteiger partial charge in [-0.25, -0.2) is 0 Å². The number of nitrogens with two attached hydrogens (primary N) is 1. The summed E-state index contributed by atoms with van der Waals surface area (Å²) in [6.45, 7) is 1.96. The molecule has 1 heterocycles. The summed E-state index contributed by atoms with van der Waals surface area (Å²) in [7, 11) is 0. The normalized spacial score (nSPS) is 18.2. The van der Waals surface area contributed by atoms with Gasteiger partial charge >= 0.3 is 0 Å². The molecule has 1 atom stereocenters. The molecular weight excluding hydrogens is 220 g/mol. The highest BCUT2D eigenvalue weighted by atomic mass is 16.5. The van der Waals surface area contributed by atoms with Crippen LogP contribution in [0.25, 0.3) is 0 Å². The second-order valence-electron chi connectivity index (χ2n) is 3.83. The molecule has 2 rings (SSSR count). The van der Waals surface area contributed by atoms with Gasteiger partial charge in [-0.05, 0) is 12.1 Å². The van der Waals surface area contributed by atoms with Crippen LogP contribution in [0.3, 0.4) is 0 Å². The third-order valence-electron chi connectivity index (χ3n) is 2.69. The van der Waals surface area contributed by atoms with E-state index in [0.29, 0.717) is 17.9 Å². The van der Waals surface area contributed by atoms with E-state index >= 15 is 0 Å². The molecule has 1 aliphatic rings. The van der Waals surface area contributed by atoms with Crippen LogP contribution in [0.4, 0.5) is 5.69 Å². The number of carbonyl (C=O) groups excluding carboxylic acids is 2. The van der Waals surface area contributed by atoms with Gasteiger partial charge in [0.15, 0.2) is 6.10 Å². The van der Waals surface area contributed by atoms with Crippen molar-refractivity contribution in [3.05, 3.63) is 24.3 Å². The predicted molar refractivity (Wildman–Crippen MR) is 62.7 cm³/mol. The Bertz CT molecular complexity index is 459. The van der Waals surface area contributed by atoms with Crippen molar-refractivity contribution in [2.75, 3.05) is 11.4 Å². The van der Waals surface area contributed by atoms with Gasteiger partial charge in [-0.15, -0.1) is 0 Å². The van der Waals surface area contributed by atoms with E-state index in [0.717, 1.165) is 0 Å². The van der Waals surface area contributed by atoms with Gasteiger partial charge < -0.3 is 15.4 Å². The molecule has 0 saturated carbocycles. The molecule has 1 aliphatic heterocycles. The lowest BCUT2D eigenvalue weighted by atomic mass is 10.1. The number of carbonyl (C=O) groups is 2. The molecule has 0 radical (unpaired) electrons. The van der Waals surface area contributed by atoms with E-state index in [-0.39, 0.29) is 12.5 Å². The molecule has 0 bridgehead atoms. The molecule has 0 fully saturated rings. The van der Waals surface area contributed by atoms with Gasteiger partial charge in [0, 0.05) is 6.42 Å². The summed E-state index contributed by atoms with van der Waals surface area (Å²) in [5.41, 5.74) is 5.92. The first kappa shape index (κ1) is 11.4. The van der Waals surface area contributed by atoms with E-state index < -0.39 is 12.0 Å². The van der Waals surface area contributed by atoms with E-state index in [1.54, 1.807) is 30.0 Å². The Labute approximate surface area is 99.2 Å². The van der Waals surface area contributed by atoms with Crippen molar-refractivity contribution in [1.82, 2.24) is 0 Å². The van der Waals surface area contributed by atoms with Crippen LogP contribution in [0.1, 0.15) is 13.3 Å². The second-order valence-corrected chi connectivity index (χ2v) is 3.83. The summed E-state index contributed by atoms with van der Waals surface area (Å²) < 4.78 is 5.45. The first-order chi connectivity index (χ1) is 8.13. The lowest BCUT2D eigenvalue weighted by molar-refractivity contribution is -0.125. The number of para-hydroxylation sites is 2. The van der Waals surface area contributed by atoms with Crippen LogP contribution in [0.5, 0.6) is 5.75 Å². The molecule has 0 aromatic heterocycles. The molecule has 1 unspecified atom stereocenters. The van der Waals surface area contributed by atoms with Crippen LogP contribution < -0.4 is 15.4 Å². The monoisotopic (exact) mass is 234 g/mol. The van der Waals surface area contributed by atoms with Crippen molar-refractivity contribution in [1.29, 1.82) is 0 Å². The summed E-state index contributed by atoms with van der Waals surface area (Å²) in [5, 5.41) is 0. The predicted octanol–water partition coefficient (Wildman–Crippen LogP) is 0.676. The average Bonchev–Trinajstić information content (AvgIpc) is 2.36. The highest BCUT2D eigenvalue weighted by molar-refractivity contribution is 5.96. The molecule has 2 amide bonds. The van der Waals surface area contributed by atoms with Gasteiger partial charge in [0.25, 0.3) is 5.91 Å². The fourth-order valence-electron chi connectivity index (χ4n) is 1.81. The van der Waals surface area contributed by atoms with Crippen molar-refractivity contribution < 1.29 is 14.3 Å². The van der Waals surface area contributed by atoms with Gasteiger partial charge in [0.2, 0.25) is 5.91 Å². The number of rotatable bonds is 2. The first-order valence-corrected chi connectivity index (χ1v) is 5.49. The minimum Gasteiger partial charge on any atom is -0.477 e. The number of fused-ring (bicyclic) bond motifs is 1. The number of hydrogen-bond donors (Lipinski definition) is 1. The number of nitrogens with zero attached hydrogens (tertiary/aromatic N) is 1. The number of hydrogen-bond acceptors (Lipinski definition) is 3. The van der Waals surface area contributed by atoms with Gasteiger partial charge in [-0.1, -0.05) is 19.1 Å². The van der Waals surface area contributed by atoms with Crippen molar-refractivity contribution in [3.63, 3.8) is 0 Å². The Morgan fingerprint density at radius 2 is 2.18 bits per heavy atom. The Morgan fingerprint density at radius 3 is 2.82 bits per heavy atom. The SMILES string of the molecule is CCC(=O)N1CC(C(N)=O)Oc2ccccc21. The van der Waals surface area contributed by atoms with Crippen molar-refractivity contribution >= 4 is 17.5 Å². The fraction of sp³-hybridized carbons (Fsp3) is 0.333. The van der Waals surface area contributed by atoms with Crippen LogP contribution in [-0.4, -0.2) is 24.5 Å². The molecule has 0 saturated heterocycles. The van der Waals surface area contributed by atoms with Gasteiger partial charge in [-0.2, -0.15) is 0 Å². The number of amides is 2. The Kier molecular flexibility index (Phi) is 2.99. The van der Waals surface area contributed by atoms with Gasteiger partial charge in [-0.3, -0.25) is 9.59 Å². The van der Waals surface area contributed by atoms with Crippen molar-refractivity contribution in [2.24, 2.45) is 5.73 Å². The summed E-state index contributed by atoms with van der Waals surface area (Å²) in [4.78, 5) is 24.5. The summed E-state index contributed by atoms with van der Waals surface area (Å²) in [6, 6.07) is 7.13. The van der Waals surface area contributed by atoms with E-state index in [4.69, 9.17) is 10.5 Å². The standard InChI is InChI=1S/C12H14N2O3/c1-2-11(15)14-7-10(12(13)16)17-9-6-4-3-5-8(9)14/h3-6,10H,2,7H2,1H3,(H2,13,16). The van der Waals surface area contributed by atoms with Crippen LogP contribution in [0, 0.1) is 0 Å². The molecule has 0 aliphatic carbocycles. The fourth-order valence-corrected chi connectivity index (χ4v) is 1.81. The minimum atomic E-state index is -0.777. The highest BCUT2D eigenvalue weighted by Crippen LogP contribution is 2.33. The van der Waals surface area contributed by atoms with Crippen LogP contribution in [-0.2, 0) is 9.59 Å². The number of benzene rings is 1. The van der Waals surface area contributed by atoms with Crippen LogP contribution in [0.2, 0.25) is 0 Å². The maximum absolute atomic E-state index is 11.8. The molecular formula is C12H14N2O3. The van der Waals surface area contributed by atoms with E-state index in [1.807, 2.05) is 6.07 Å². The first-order valence-electron chi connectivity index (χ1n) is 5.49. The smallest absolute Gasteiger partial charge is 0.260 e. The van der Waals surface area contributed by atoms with Crippen molar-refractivity contribution in [2.45, 2.75) is 19.4 Å². The largest absolute Gasteiger partial charge is 0.477 e. The lowest BCUT2D eigenvalue weighted by Crippen LogP contribution is -2.49. The maximum Gasteiger partial charge on any atom is 0.260 e. The zero-order chi connectivity index (χ0) is 12.4.